The third-order valence-electron chi connectivity index (χ3n) is 9.53. The molecule has 4 heterocycles. The number of piperidine rings is 3. The zero-order valence-corrected chi connectivity index (χ0v) is 25.6. The molecule has 1 N–H and O–H groups in total. The van der Waals surface area contributed by atoms with Crippen molar-refractivity contribution in [3.05, 3.63) is 34.9 Å². The van der Waals surface area contributed by atoms with E-state index in [1.807, 2.05) is 20.8 Å². The number of carbonyl (C=O) groups is 5. The van der Waals surface area contributed by atoms with E-state index in [1.165, 1.54) is 0 Å². The Hall–Kier alpha value is -3.38. The summed E-state index contributed by atoms with van der Waals surface area (Å²) in [7, 11) is 0. The van der Waals surface area contributed by atoms with E-state index in [1.54, 1.807) is 23.1 Å². The number of halogens is 1. The van der Waals surface area contributed by atoms with Gasteiger partial charge in [-0.3, -0.25) is 34.3 Å². The van der Waals surface area contributed by atoms with Crippen LogP contribution < -0.4 is 5.32 Å². The fourth-order valence-corrected chi connectivity index (χ4v) is 7.07. The predicted octanol–water partition coefficient (Wildman–Crippen LogP) is 3.16. The van der Waals surface area contributed by atoms with Crippen LogP contribution in [0.25, 0.3) is 0 Å². The summed E-state index contributed by atoms with van der Waals surface area (Å²) in [5.41, 5.74) is 0.546. The minimum atomic E-state index is -1.13. The Balaban J connectivity index is 0.979. The topological polar surface area (TPSA) is 126 Å². The van der Waals surface area contributed by atoms with Gasteiger partial charge in [-0.2, -0.15) is 0 Å². The second kappa shape index (κ2) is 11.8. The van der Waals surface area contributed by atoms with Crippen LogP contribution in [0.2, 0.25) is 0 Å². The maximum absolute atomic E-state index is 15.6. The lowest BCUT2D eigenvalue weighted by atomic mass is 9.82. The Labute approximate surface area is 256 Å². The van der Waals surface area contributed by atoms with E-state index in [-0.39, 0.29) is 48.3 Å². The Kier molecular flexibility index (Phi) is 8.25. The van der Waals surface area contributed by atoms with Crippen molar-refractivity contribution in [2.24, 2.45) is 0 Å². The summed E-state index contributed by atoms with van der Waals surface area (Å²) in [6.07, 6.45) is 2.84. The largest absolute Gasteiger partial charge is 0.444 e. The van der Waals surface area contributed by atoms with E-state index in [0.717, 1.165) is 37.1 Å². The lowest BCUT2D eigenvalue weighted by Gasteiger charge is -2.47. The van der Waals surface area contributed by atoms with Crippen LogP contribution in [0.4, 0.5) is 9.18 Å². The number of rotatable bonds is 5. The second-order valence-corrected chi connectivity index (χ2v) is 13.7. The van der Waals surface area contributed by atoms with Gasteiger partial charge in [-0.1, -0.05) is 6.07 Å². The van der Waals surface area contributed by atoms with Gasteiger partial charge in [-0.15, -0.1) is 0 Å². The van der Waals surface area contributed by atoms with E-state index in [0.29, 0.717) is 31.6 Å². The van der Waals surface area contributed by atoms with Gasteiger partial charge >= 0.3 is 6.09 Å². The lowest BCUT2D eigenvalue weighted by Crippen LogP contribution is -2.54. The van der Waals surface area contributed by atoms with Crippen molar-refractivity contribution in [1.82, 2.24) is 20.0 Å². The Morgan fingerprint density at radius 2 is 1.64 bits per heavy atom. The molecule has 11 nitrogen and oxygen atoms in total. The quantitative estimate of drug-likeness (QED) is 0.503. The third kappa shape index (κ3) is 6.10. The summed E-state index contributed by atoms with van der Waals surface area (Å²) < 4.78 is 27.4. The van der Waals surface area contributed by atoms with Crippen molar-refractivity contribution in [3.63, 3.8) is 0 Å². The molecule has 12 heteroatoms. The number of carbonyl (C=O) groups excluding carboxylic acids is 5. The van der Waals surface area contributed by atoms with E-state index in [9.17, 15) is 24.0 Å². The standard InChI is InChI=1S/C32H41FN4O7/c1-32(2,3)44-31(42)35-11-8-20(9-12-35)43-21-15-19(16-21)36-13-10-22(25(33)17-36)18-4-5-23-24(14-18)30(41)37(29(23)40)26-6-7-27(38)34-28(26)39/h4-5,14,19-22,25-26H,6-13,15-17H2,1-3H3,(H,34,38,39)/t19?,21?,22-,25-,26?/m0/s1. The van der Waals surface area contributed by atoms with Crippen LogP contribution in [0.15, 0.2) is 18.2 Å². The number of fused-ring (bicyclic) bond motifs is 1. The van der Waals surface area contributed by atoms with Gasteiger partial charge in [0, 0.05) is 38.0 Å². The maximum Gasteiger partial charge on any atom is 0.410 e. The van der Waals surface area contributed by atoms with Crippen LogP contribution in [-0.2, 0) is 19.1 Å². The normalized spacial score (nSPS) is 30.2. The molecule has 5 aliphatic rings. The van der Waals surface area contributed by atoms with Crippen LogP contribution >= 0.6 is 0 Å². The molecule has 1 unspecified atom stereocenters. The highest BCUT2D eigenvalue weighted by molar-refractivity contribution is 6.23. The van der Waals surface area contributed by atoms with Crippen LogP contribution in [0.5, 0.6) is 0 Å². The molecule has 6 rings (SSSR count). The van der Waals surface area contributed by atoms with Gasteiger partial charge in [0.05, 0.1) is 23.3 Å². The highest BCUT2D eigenvalue weighted by Crippen LogP contribution is 2.38. The summed E-state index contributed by atoms with van der Waals surface area (Å²) >= 11 is 0. The molecule has 3 saturated heterocycles. The molecule has 1 aromatic rings. The average molecular weight is 613 g/mol. The minimum absolute atomic E-state index is 0.0558. The molecule has 0 aromatic heterocycles. The number of hydrogen-bond donors (Lipinski definition) is 1. The summed E-state index contributed by atoms with van der Waals surface area (Å²) in [6.45, 7) is 7.83. The molecule has 238 valence electrons. The average Bonchev–Trinajstić information content (AvgIpc) is 3.18. The minimum Gasteiger partial charge on any atom is -0.444 e. The van der Waals surface area contributed by atoms with Crippen LogP contribution in [0, 0.1) is 0 Å². The van der Waals surface area contributed by atoms with E-state index >= 15 is 4.39 Å². The van der Waals surface area contributed by atoms with Crippen molar-refractivity contribution in [2.75, 3.05) is 26.2 Å². The molecule has 3 atom stereocenters. The number of benzene rings is 1. The molecular weight excluding hydrogens is 571 g/mol. The molecule has 0 radical (unpaired) electrons. The highest BCUT2D eigenvalue weighted by Gasteiger charge is 2.46. The number of hydrogen-bond acceptors (Lipinski definition) is 8. The number of likely N-dealkylation sites (tertiary alicyclic amines) is 2. The van der Waals surface area contributed by atoms with Gasteiger partial charge in [-0.05, 0) is 83.5 Å². The first-order chi connectivity index (χ1) is 20.9. The number of nitrogens with one attached hydrogen (secondary N) is 1. The van der Waals surface area contributed by atoms with Gasteiger partial charge in [0.25, 0.3) is 11.8 Å². The number of alkyl halides is 1. The van der Waals surface area contributed by atoms with Crippen molar-refractivity contribution < 1.29 is 37.8 Å². The van der Waals surface area contributed by atoms with Crippen molar-refractivity contribution in [3.8, 4) is 0 Å². The summed E-state index contributed by atoms with van der Waals surface area (Å²) in [5.74, 6) is -2.61. The molecule has 1 saturated carbocycles. The second-order valence-electron chi connectivity index (χ2n) is 13.7. The third-order valence-corrected chi connectivity index (χ3v) is 9.53. The Bertz CT molecular complexity index is 1350. The number of nitrogens with zero attached hydrogens (tertiary/aromatic N) is 3. The molecule has 44 heavy (non-hydrogen) atoms. The number of ether oxygens (including phenoxy) is 2. The van der Waals surface area contributed by atoms with Gasteiger partial charge in [0.15, 0.2) is 0 Å². The number of imide groups is 2. The van der Waals surface area contributed by atoms with Crippen LogP contribution in [0.3, 0.4) is 0 Å². The first-order valence-corrected chi connectivity index (χ1v) is 15.7. The summed E-state index contributed by atoms with van der Waals surface area (Å²) in [4.78, 5) is 67.3. The Morgan fingerprint density at radius 3 is 2.30 bits per heavy atom. The van der Waals surface area contributed by atoms with Gasteiger partial charge in [-0.25, -0.2) is 9.18 Å². The molecule has 4 aliphatic heterocycles. The fourth-order valence-electron chi connectivity index (χ4n) is 7.07. The monoisotopic (exact) mass is 612 g/mol. The van der Waals surface area contributed by atoms with Gasteiger partial charge < -0.3 is 14.4 Å². The zero-order chi connectivity index (χ0) is 31.3. The molecule has 4 fully saturated rings. The Morgan fingerprint density at radius 1 is 0.932 bits per heavy atom. The van der Waals surface area contributed by atoms with Crippen molar-refractivity contribution >= 4 is 29.7 Å². The SMILES string of the molecule is CC(C)(C)OC(=O)N1CCC(OC2CC(N3CC[C@@H](c4ccc5c(c4)C(=O)N(C4CCC(=O)NC4=O)C5=O)[C@@H](F)C3)C2)CC1. The highest BCUT2D eigenvalue weighted by atomic mass is 19.1. The number of amides is 5. The van der Waals surface area contributed by atoms with E-state index < -0.39 is 47.4 Å². The van der Waals surface area contributed by atoms with Crippen LogP contribution in [-0.4, -0.2) is 107 Å². The predicted molar refractivity (Wildman–Crippen MR) is 156 cm³/mol. The fraction of sp³-hybridized carbons (Fsp3) is 0.656. The van der Waals surface area contributed by atoms with Gasteiger partial charge in [0.1, 0.15) is 17.8 Å². The molecule has 0 bridgehead atoms. The maximum atomic E-state index is 15.6. The lowest BCUT2D eigenvalue weighted by molar-refractivity contribution is -0.136. The van der Waals surface area contributed by atoms with Crippen molar-refractivity contribution in [2.45, 2.75) is 108 Å². The summed E-state index contributed by atoms with van der Waals surface area (Å²) in [6, 6.07) is 4.12. The molecule has 5 amide bonds. The van der Waals surface area contributed by atoms with E-state index in [4.69, 9.17) is 9.47 Å². The molecule has 1 aromatic carbocycles. The van der Waals surface area contributed by atoms with Crippen LogP contribution in [0.1, 0.15) is 97.9 Å². The van der Waals surface area contributed by atoms with Gasteiger partial charge in [0.2, 0.25) is 11.8 Å². The first-order valence-electron chi connectivity index (χ1n) is 15.7. The van der Waals surface area contributed by atoms with Crippen molar-refractivity contribution in [1.29, 1.82) is 0 Å². The van der Waals surface area contributed by atoms with E-state index in [2.05, 4.69) is 10.2 Å². The molecule has 0 spiro atoms. The summed E-state index contributed by atoms with van der Waals surface area (Å²) in [5, 5.41) is 2.20. The molecule has 1 aliphatic carbocycles. The molecular formula is C32H41FN4O7. The zero-order valence-electron chi connectivity index (χ0n) is 25.6. The smallest absolute Gasteiger partial charge is 0.410 e. The first kappa shape index (κ1) is 30.6.